The fourth-order valence-corrected chi connectivity index (χ4v) is 14.3. The van der Waals surface area contributed by atoms with Crippen molar-refractivity contribution >= 4 is 78.4 Å². The monoisotopic (exact) mass is 1370 g/mol. The first-order chi connectivity index (χ1) is 44.2. The number of rotatable bonds is 21. The van der Waals surface area contributed by atoms with Crippen LogP contribution in [-0.4, -0.2) is 101 Å². The van der Waals surface area contributed by atoms with Crippen LogP contribution < -0.4 is 37.0 Å². The van der Waals surface area contributed by atoms with Gasteiger partial charge in [-0.05, 0) is 158 Å². The number of aliphatic hydroxyl groups is 1. The number of primary sulfonamides is 1. The summed E-state index contributed by atoms with van der Waals surface area (Å²) in [4.78, 5) is 25.7. The summed E-state index contributed by atoms with van der Waals surface area (Å²) in [6.45, 7) is 19.7. The molecule has 0 radical (unpaired) electrons. The number of nitrogens with zero attached hydrogens (tertiary/aromatic N) is 9. The minimum absolute atomic E-state index is 0.0681. The lowest BCUT2D eigenvalue weighted by atomic mass is 9.68. The van der Waals surface area contributed by atoms with Gasteiger partial charge in [0.05, 0.1) is 34.6 Å². The number of sulfonamides is 1. The van der Waals surface area contributed by atoms with E-state index in [4.69, 9.17) is 28.3 Å². The molecule has 9 rings (SSSR count). The topological polar surface area (TPSA) is 335 Å². The second kappa shape index (κ2) is 31.8. The molecule has 3 aromatic carbocycles. The van der Waals surface area contributed by atoms with Crippen LogP contribution in [0.2, 0.25) is 10.0 Å². The largest absolute Gasteiger partial charge is 0.393 e. The molecule has 3 heterocycles. The van der Waals surface area contributed by atoms with Crippen LogP contribution in [0.15, 0.2) is 95.1 Å². The predicted octanol–water partition coefficient (Wildman–Crippen LogP) is 13.0. The number of halogens is 4. The lowest BCUT2D eigenvalue weighted by Gasteiger charge is -2.42. The summed E-state index contributed by atoms with van der Waals surface area (Å²) in [5.41, 5.74) is 4.13. The summed E-state index contributed by atoms with van der Waals surface area (Å²) in [6, 6.07) is 24.9. The summed E-state index contributed by atoms with van der Waals surface area (Å²) < 4.78 is 73.2. The van der Waals surface area contributed by atoms with Crippen molar-refractivity contribution in [2.45, 2.75) is 179 Å². The van der Waals surface area contributed by atoms with Crippen LogP contribution >= 0.6 is 23.2 Å². The van der Waals surface area contributed by atoms with Gasteiger partial charge in [-0.3, -0.25) is 0 Å². The maximum absolute atomic E-state index is 13.3. The van der Waals surface area contributed by atoms with Crippen LogP contribution in [0.4, 0.5) is 44.1 Å². The third-order valence-electron chi connectivity index (χ3n) is 18.0. The maximum Gasteiger partial charge on any atom is 0.347 e. The average molecular weight is 1370 g/mol. The second-order valence-corrected chi connectivity index (χ2v) is 31.4. The van der Waals surface area contributed by atoms with Gasteiger partial charge in [-0.1, -0.05) is 109 Å². The molecule has 94 heavy (non-hydrogen) atoms. The highest BCUT2D eigenvalue weighted by Crippen LogP contribution is 2.43. The number of aliphatic hydroxyl groups excluding tert-OH is 1. The first kappa shape index (κ1) is 73.8. The van der Waals surface area contributed by atoms with E-state index in [0.29, 0.717) is 110 Å². The van der Waals surface area contributed by atoms with Crippen molar-refractivity contribution in [3.05, 3.63) is 129 Å². The fourth-order valence-electron chi connectivity index (χ4n) is 12.1. The molecule has 3 aromatic heterocycles. The lowest BCUT2D eigenvalue weighted by molar-refractivity contribution is 0.00926. The number of nitrogens with two attached hydrogens (primary N) is 1. The number of hydrogen-bond acceptors (Lipinski definition) is 20. The van der Waals surface area contributed by atoms with Crippen LogP contribution in [-0.2, 0) is 39.1 Å². The maximum atomic E-state index is 13.3. The van der Waals surface area contributed by atoms with Gasteiger partial charge in [0.25, 0.3) is 0 Å². The summed E-state index contributed by atoms with van der Waals surface area (Å²) in [6.07, 6.45) is 14.9. The first-order valence-electron chi connectivity index (χ1n) is 31.5. The fraction of sp³-hybridized carbons (Fsp3) is 0.507. The zero-order valence-electron chi connectivity index (χ0n) is 54.7. The van der Waals surface area contributed by atoms with Crippen LogP contribution in [0.5, 0.6) is 0 Å². The van der Waals surface area contributed by atoms with Crippen LogP contribution in [0, 0.1) is 62.1 Å². The number of sulfone groups is 1. The molecule has 504 valence electrons. The minimum atomic E-state index is -4.71. The number of nitrogens with one attached hydrogen (secondary N) is 6. The number of anilines is 6. The lowest BCUT2D eigenvalue weighted by Crippen LogP contribution is -2.41. The highest BCUT2D eigenvalue weighted by molar-refractivity contribution is 7.92. The molecule has 21 nitrogen and oxygen atoms in total. The Balaban J connectivity index is 0.000000200. The molecule has 0 aliphatic heterocycles. The molecular formula is C67H86Cl2F2N16O5S2. The molecule has 3 fully saturated rings. The van der Waals surface area contributed by atoms with Gasteiger partial charge in [0, 0.05) is 49.7 Å². The molecule has 0 unspecified atom stereocenters. The Bertz CT molecular complexity index is 3950. The molecule has 3 saturated carbocycles. The van der Waals surface area contributed by atoms with Crippen LogP contribution in [0.3, 0.4) is 0 Å². The average Bonchev–Trinajstić information content (AvgIpc) is 0.835. The number of aromatic nitrogens is 6. The quantitative estimate of drug-likeness (QED) is 0.0332. The van der Waals surface area contributed by atoms with Gasteiger partial charge in [0.1, 0.15) is 57.2 Å². The molecule has 3 aliphatic carbocycles. The Labute approximate surface area is 561 Å². The summed E-state index contributed by atoms with van der Waals surface area (Å²) in [5.74, 6) is 4.25. The van der Waals surface area contributed by atoms with Gasteiger partial charge in [0.2, 0.25) is 37.7 Å². The molecule has 6 atom stereocenters. The van der Waals surface area contributed by atoms with Crippen molar-refractivity contribution in [1.29, 1.82) is 15.8 Å². The number of nitriles is 3. The molecule has 0 bridgehead atoms. The highest BCUT2D eigenvalue weighted by atomic mass is 35.5. The van der Waals surface area contributed by atoms with Gasteiger partial charge in [0.15, 0.2) is 0 Å². The molecule has 0 spiro atoms. The van der Waals surface area contributed by atoms with Gasteiger partial charge in [-0.2, -0.15) is 39.5 Å². The third-order valence-corrected chi connectivity index (χ3v) is 21.5. The molecule has 6 aromatic rings. The summed E-state index contributed by atoms with van der Waals surface area (Å²) in [7, 11) is -8.56. The normalized spacial score (nSPS) is 20.6. The Morgan fingerprint density at radius 1 is 0.606 bits per heavy atom. The Morgan fingerprint density at radius 2 is 1.07 bits per heavy atom. The number of hydrogen-bond donors (Lipinski definition) is 8. The van der Waals surface area contributed by atoms with Crippen molar-refractivity contribution in [3.63, 3.8) is 0 Å². The third kappa shape index (κ3) is 20.5. The van der Waals surface area contributed by atoms with E-state index in [0.717, 1.165) is 72.6 Å². The molecule has 0 amide bonds. The predicted molar refractivity (Wildman–Crippen MR) is 365 cm³/mol. The summed E-state index contributed by atoms with van der Waals surface area (Å²) in [5, 5.41) is 60.4. The minimum Gasteiger partial charge on any atom is -0.393 e. The van der Waals surface area contributed by atoms with Gasteiger partial charge < -0.3 is 37.0 Å². The molecule has 3 aliphatic rings. The van der Waals surface area contributed by atoms with Crippen LogP contribution in [0.1, 0.15) is 153 Å². The Morgan fingerprint density at radius 3 is 1.52 bits per heavy atom. The van der Waals surface area contributed by atoms with Gasteiger partial charge in [-0.25, -0.2) is 36.9 Å². The van der Waals surface area contributed by atoms with E-state index in [1.807, 2.05) is 38.1 Å². The van der Waals surface area contributed by atoms with E-state index in [2.05, 4.69) is 122 Å². The molecule has 0 saturated heterocycles. The van der Waals surface area contributed by atoms with Crippen LogP contribution in [0.25, 0.3) is 0 Å². The Hall–Kier alpha value is -7.57. The highest BCUT2D eigenvalue weighted by Gasteiger charge is 2.41. The van der Waals surface area contributed by atoms with Crippen molar-refractivity contribution in [1.82, 2.24) is 29.9 Å². The van der Waals surface area contributed by atoms with E-state index in [-0.39, 0.29) is 44.4 Å². The Kier molecular flexibility index (Phi) is 25.0. The molecular weight excluding hydrogens is 1280 g/mol. The number of benzene rings is 3. The zero-order chi connectivity index (χ0) is 68.8. The van der Waals surface area contributed by atoms with E-state index >= 15 is 0 Å². The summed E-state index contributed by atoms with van der Waals surface area (Å²) >= 11 is 12.1. The van der Waals surface area contributed by atoms with E-state index in [1.54, 1.807) is 18.3 Å². The van der Waals surface area contributed by atoms with E-state index in [9.17, 15) is 46.5 Å². The standard InChI is InChI=1S/C23H29F2N5O3S.C22H29ClN6O2S.C22H28ClN5/c1-22(2)12-17(6-9-19(22)31)29-20-16(13-26)14-28-21(30-20)27-11-10-15-4-7-18(8-5-15)34(32,33)23(3,24)25;1-14-4-6-17(11-22(14,2)3)28-20-16(12-24)13-27-21(29-20)26-9-8-15-5-7-19(18(23)10-15)32(25,30)31;1-15-7-8-19(22(2,3)12-15)27-20-17(13-24)14-26-21(28-20)25-10-9-16-5-4-6-18(23)11-16/h4-5,7-8,14,17,19,31H,6,9-12H2,1-3H3,(H2,27,28,29,30);5,7,10,13-14,17H,4,6,8-9,11H2,1-3H3,(H2,25,30,31)(H2,26,27,28,29);4-6,11,14-15,19H,7-10,12H2,1-3H3,(H2,25,26,27,28)/t17-,19+;14-,17+;15-,19-/m000/s1. The SMILES string of the molecule is CC1(C)C[C@@H](Nc2nc(NCCc3ccc(S(=O)(=O)C(C)(F)F)cc3)ncc2C#N)CC[C@H]1O.C[C@H]1CC[C@@H](Nc2nc(NCCc3ccc(S(N)(=O)=O)c(Cl)c3)ncc2C#N)CC1(C)C.C[C@H]1CC[C@H](Nc2nc(NCCc3cccc(Cl)c3)ncc2C#N)C(C)(C)C1. The smallest absolute Gasteiger partial charge is 0.347 e. The zero-order valence-corrected chi connectivity index (χ0v) is 57.8. The van der Waals surface area contributed by atoms with E-state index in [1.165, 1.54) is 55.6 Å². The number of alkyl halides is 2. The second-order valence-electron chi connectivity index (χ2n) is 26.8. The van der Waals surface area contributed by atoms with E-state index < -0.39 is 30.0 Å². The van der Waals surface area contributed by atoms with Gasteiger partial charge >= 0.3 is 5.25 Å². The van der Waals surface area contributed by atoms with Gasteiger partial charge in [-0.15, -0.1) is 0 Å². The van der Waals surface area contributed by atoms with Crippen molar-refractivity contribution < 1.29 is 30.7 Å². The van der Waals surface area contributed by atoms with Crippen molar-refractivity contribution in [2.75, 3.05) is 51.5 Å². The van der Waals surface area contributed by atoms with Crippen molar-refractivity contribution in [2.24, 2.45) is 33.2 Å². The molecule has 9 N–H and O–H groups in total. The molecule has 27 heteroatoms. The first-order valence-corrected chi connectivity index (χ1v) is 35.3. The van der Waals surface area contributed by atoms with Crippen molar-refractivity contribution in [3.8, 4) is 18.2 Å².